The molecule has 1 aliphatic heterocycles. The lowest BCUT2D eigenvalue weighted by atomic mass is 9.67. The van der Waals surface area contributed by atoms with Gasteiger partial charge in [-0.05, 0) is 23.7 Å². The molecule has 6 heteroatoms. The van der Waals surface area contributed by atoms with Crippen LogP contribution in [-0.2, 0) is 4.79 Å². The number of rotatable bonds is 3. The molecule has 0 amide bonds. The van der Waals surface area contributed by atoms with E-state index in [1.807, 2.05) is 38.1 Å². The van der Waals surface area contributed by atoms with E-state index < -0.39 is 0 Å². The number of hydrogen-bond donors (Lipinski definition) is 2. The minimum atomic E-state index is -0.379. The molecule has 2 aliphatic rings. The Hall–Kier alpha value is -2.34. The van der Waals surface area contributed by atoms with Crippen LogP contribution in [0.25, 0.3) is 0 Å². The number of allylic oxidation sites excluding steroid dienone is 2. The second-order valence-electron chi connectivity index (χ2n) is 8.29. The van der Waals surface area contributed by atoms with Crippen LogP contribution in [0.4, 0.5) is 5.82 Å². The van der Waals surface area contributed by atoms with Crippen molar-refractivity contribution in [3.05, 3.63) is 63.1 Å². The van der Waals surface area contributed by atoms with E-state index in [0.29, 0.717) is 23.0 Å². The highest BCUT2D eigenvalue weighted by Gasteiger charge is 2.45. The first-order valence-electron chi connectivity index (χ1n) is 9.65. The van der Waals surface area contributed by atoms with Gasteiger partial charge in [0.15, 0.2) is 5.16 Å². The van der Waals surface area contributed by atoms with E-state index in [1.165, 1.54) is 11.8 Å². The summed E-state index contributed by atoms with van der Waals surface area (Å²) in [5.41, 5.74) is 3.15. The van der Waals surface area contributed by atoms with E-state index in [0.717, 1.165) is 22.6 Å². The van der Waals surface area contributed by atoms with Gasteiger partial charge in [0, 0.05) is 18.0 Å². The summed E-state index contributed by atoms with van der Waals surface area (Å²) < 4.78 is 0. The molecule has 5 nitrogen and oxygen atoms in total. The highest BCUT2D eigenvalue weighted by Crippen LogP contribution is 2.47. The van der Waals surface area contributed by atoms with Gasteiger partial charge >= 0.3 is 0 Å². The number of hydrogen-bond acceptors (Lipinski definition) is 5. The zero-order valence-electron chi connectivity index (χ0n) is 16.6. The number of aromatic amines is 1. The van der Waals surface area contributed by atoms with Gasteiger partial charge in [0.1, 0.15) is 11.6 Å². The second-order valence-corrected chi connectivity index (χ2v) is 9.54. The largest absolute Gasteiger partial charge is 0.343 e. The maximum Gasteiger partial charge on any atom is 0.257 e. The van der Waals surface area contributed by atoms with Gasteiger partial charge in [-0.15, -0.1) is 0 Å². The number of Topliss-reactive ketones (excluding diaryl/α,β-unsaturated/α-hetero) is 1. The Morgan fingerprint density at radius 2 is 1.89 bits per heavy atom. The maximum atomic E-state index is 13.2. The first-order valence-corrected chi connectivity index (χ1v) is 10.6. The number of nitrogens with zero attached hydrogens (tertiary/aromatic N) is 1. The molecular weight excluding hydrogens is 370 g/mol. The minimum Gasteiger partial charge on any atom is -0.343 e. The fraction of sp³-hybridized carbons (Fsp3) is 0.409. The summed E-state index contributed by atoms with van der Waals surface area (Å²) in [4.78, 5) is 33.8. The number of carbonyl (C=O) groups excluding carboxylic acids is 1. The number of carbonyl (C=O) groups is 1. The van der Waals surface area contributed by atoms with E-state index in [9.17, 15) is 9.59 Å². The van der Waals surface area contributed by atoms with Gasteiger partial charge in [0.2, 0.25) is 0 Å². The van der Waals surface area contributed by atoms with Crippen LogP contribution in [0.1, 0.15) is 49.8 Å². The molecule has 0 saturated heterocycles. The molecule has 2 aromatic rings. The summed E-state index contributed by atoms with van der Waals surface area (Å²) in [7, 11) is 0. The highest BCUT2D eigenvalue weighted by molar-refractivity contribution is 7.99. The van der Waals surface area contributed by atoms with Gasteiger partial charge in [-0.3, -0.25) is 9.59 Å². The fourth-order valence-electron chi connectivity index (χ4n) is 4.26. The molecule has 28 heavy (non-hydrogen) atoms. The molecule has 0 fully saturated rings. The number of anilines is 1. The molecule has 0 radical (unpaired) electrons. The van der Waals surface area contributed by atoms with Crippen LogP contribution in [-0.4, -0.2) is 21.5 Å². The molecule has 2 atom stereocenters. The molecule has 4 rings (SSSR count). The van der Waals surface area contributed by atoms with Crippen LogP contribution < -0.4 is 10.9 Å². The lowest BCUT2D eigenvalue weighted by molar-refractivity contribution is -0.124. The summed E-state index contributed by atoms with van der Waals surface area (Å²) in [5.74, 6) is 0.843. The fourth-order valence-corrected chi connectivity index (χ4v) is 4.85. The van der Waals surface area contributed by atoms with Gasteiger partial charge in [-0.1, -0.05) is 68.4 Å². The monoisotopic (exact) mass is 395 g/mol. The zero-order chi connectivity index (χ0) is 20.1. The predicted octanol–water partition coefficient (Wildman–Crippen LogP) is 4.25. The van der Waals surface area contributed by atoms with Crippen molar-refractivity contribution in [1.29, 1.82) is 0 Å². The van der Waals surface area contributed by atoms with Gasteiger partial charge in [0.05, 0.1) is 11.5 Å². The number of ketones is 1. The SMILES string of the molecule is CCSc1nc2c(c(=O)[nH]1)[C@H](c1ccc(C)cc1)[C@H]1C(=O)CC(C)(C)C=C1N2. The maximum absolute atomic E-state index is 13.2. The Bertz CT molecular complexity index is 1020. The lowest BCUT2D eigenvalue weighted by Gasteiger charge is -2.40. The topological polar surface area (TPSA) is 74.8 Å². The molecule has 146 valence electrons. The van der Waals surface area contributed by atoms with Crippen molar-refractivity contribution in [2.75, 3.05) is 11.1 Å². The van der Waals surface area contributed by atoms with Crippen molar-refractivity contribution in [1.82, 2.24) is 9.97 Å². The number of aryl methyl sites for hydroxylation is 1. The first-order chi connectivity index (χ1) is 13.3. The number of fused-ring (bicyclic) bond motifs is 2. The number of nitrogens with one attached hydrogen (secondary N) is 2. The van der Waals surface area contributed by atoms with Crippen molar-refractivity contribution in [2.24, 2.45) is 11.3 Å². The summed E-state index contributed by atoms with van der Waals surface area (Å²) in [6.45, 7) is 8.18. The average Bonchev–Trinajstić information content (AvgIpc) is 2.60. The standard InChI is InChI=1S/C22H25N3O2S/c1-5-28-21-24-19-18(20(27)25-21)16(13-8-6-12(2)7-9-13)17-14(23-19)10-22(3,4)11-15(17)26/h6-10,16-17H,5,11H2,1-4H3,(H2,23,24,25,27)/t16-,17-/m1/s1. The molecular formula is C22H25N3O2S. The second kappa shape index (κ2) is 6.92. The molecule has 2 N–H and O–H groups in total. The highest BCUT2D eigenvalue weighted by atomic mass is 32.2. The summed E-state index contributed by atoms with van der Waals surface area (Å²) in [5, 5.41) is 3.93. The van der Waals surface area contributed by atoms with E-state index >= 15 is 0 Å². The Balaban J connectivity index is 1.95. The van der Waals surface area contributed by atoms with E-state index in [2.05, 4.69) is 35.2 Å². The summed E-state index contributed by atoms with van der Waals surface area (Å²) in [6, 6.07) is 8.10. The Labute approximate surface area is 169 Å². The quantitative estimate of drug-likeness (QED) is 0.600. The Morgan fingerprint density at radius 1 is 1.18 bits per heavy atom. The third kappa shape index (κ3) is 3.30. The van der Waals surface area contributed by atoms with Crippen molar-refractivity contribution in [3.8, 4) is 0 Å². The summed E-state index contributed by atoms with van der Waals surface area (Å²) >= 11 is 1.50. The number of benzene rings is 1. The average molecular weight is 396 g/mol. The predicted molar refractivity (Wildman–Crippen MR) is 113 cm³/mol. The molecule has 0 bridgehead atoms. The molecule has 0 spiro atoms. The normalized spacial score (nSPS) is 22.7. The van der Waals surface area contributed by atoms with Crippen LogP contribution in [0.2, 0.25) is 0 Å². The number of H-pyrrole nitrogens is 1. The van der Waals surface area contributed by atoms with Crippen molar-refractivity contribution in [3.63, 3.8) is 0 Å². The van der Waals surface area contributed by atoms with Crippen LogP contribution >= 0.6 is 11.8 Å². The van der Waals surface area contributed by atoms with Gasteiger partial charge in [0.25, 0.3) is 5.56 Å². The van der Waals surface area contributed by atoms with E-state index in [4.69, 9.17) is 0 Å². The molecule has 2 heterocycles. The third-order valence-corrected chi connectivity index (χ3v) is 6.17. The smallest absolute Gasteiger partial charge is 0.257 e. The Kier molecular flexibility index (Phi) is 4.70. The van der Waals surface area contributed by atoms with Crippen LogP contribution in [0.5, 0.6) is 0 Å². The zero-order valence-corrected chi connectivity index (χ0v) is 17.4. The third-order valence-electron chi connectivity index (χ3n) is 5.42. The molecule has 1 aliphatic carbocycles. The lowest BCUT2D eigenvalue weighted by Crippen LogP contribution is -2.41. The van der Waals surface area contributed by atoms with E-state index in [1.54, 1.807) is 0 Å². The van der Waals surface area contributed by atoms with Crippen molar-refractivity contribution >= 4 is 23.4 Å². The molecule has 0 saturated carbocycles. The summed E-state index contributed by atoms with van der Waals surface area (Å²) in [6.07, 6.45) is 2.61. The minimum absolute atomic E-state index is 0.164. The molecule has 0 unspecified atom stereocenters. The van der Waals surface area contributed by atoms with Crippen molar-refractivity contribution in [2.45, 2.75) is 45.2 Å². The van der Waals surface area contributed by atoms with Gasteiger partial charge < -0.3 is 10.3 Å². The first kappa shape index (κ1) is 19.0. The molecule has 1 aromatic carbocycles. The van der Waals surface area contributed by atoms with Crippen LogP contribution in [0, 0.1) is 18.3 Å². The van der Waals surface area contributed by atoms with Gasteiger partial charge in [-0.25, -0.2) is 4.98 Å². The van der Waals surface area contributed by atoms with Crippen molar-refractivity contribution < 1.29 is 4.79 Å². The number of thioether (sulfide) groups is 1. The van der Waals surface area contributed by atoms with Gasteiger partial charge in [-0.2, -0.15) is 0 Å². The van der Waals surface area contributed by atoms with Crippen LogP contribution in [0.15, 0.2) is 46.0 Å². The molecule has 1 aromatic heterocycles. The number of aromatic nitrogens is 2. The van der Waals surface area contributed by atoms with Crippen LogP contribution in [0.3, 0.4) is 0 Å². The van der Waals surface area contributed by atoms with E-state index in [-0.39, 0.29) is 28.6 Å². The Morgan fingerprint density at radius 3 is 2.57 bits per heavy atom.